The summed E-state index contributed by atoms with van der Waals surface area (Å²) in [7, 11) is 0. The molecule has 0 aliphatic rings. The lowest BCUT2D eigenvalue weighted by Gasteiger charge is -2.08. The number of carbonyl (C=O) groups is 1. The number of aromatic nitrogens is 1. The van der Waals surface area contributed by atoms with Crippen LogP contribution in [0.1, 0.15) is 21.7 Å². The van der Waals surface area contributed by atoms with Crippen LogP contribution in [0, 0.1) is 13.8 Å². The minimum atomic E-state index is -0.377. The van der Waals surface area contributed by atoms with Gasteiger partial charge in [-0.3, -0.25) is 9.78 Å². The number of pyridine rings is 1. The average molecular weight is 281 g/mol. The standard InChI is InChI=1S/C16H15N3O2/c1-9-5-6-11(10(2)8-9)19-16(20)15-13(17)14-12(21-15)4-3-7-18-14/h3-8H,17H2,1-2H3,(H,19,20). The van der Waals surface area contributed by atoms with Gasteiger partial charge in [0.15, 0.2) is 5.58 Å². The van der Waals surface area contributed by atoms with E-state index in [9.17, 15) is 4.79 Å². The highest BCUT2D eigenvalue weighted by Gasteiger charge is 2.19. The molecule has 21 heavy (non-hydrogen) atoms. The van der Waals surface area contributed by atoms with Crippen LogP contribution in [0.2, 0.25) is 0 Å². The van der Waals surface area contributed by atoms with Gasteiger partial charge in [-0.05, 0) is 37.6 Å². The van der Waals surface area contributed by atoms with Gasteiger partial charge in [0.05, 0.1) is 0 Å². The van der Waals surface area contributed by atoms with Crippen LogP contribution in [0.4, 0.5) is 11.4 Å². The molecule has 3 rings (SSSR count). The van der Waals surface area contributed by atoms with Gasteiger partial charge in [-0.25, -0.2) is 0 Å². The molecule has 3 aromatic rings. The molecule has 3 N–H and O–H groups in total. The second-order valence-electron chi connectivity index (χ2n) is 4.97. The number of hydrogen-bond donors (Lipinski definition) is 2. The highest BCUT2D eigenvalue weighted by atomic mass is 16.3. The summed E-state index contributed by atoms with van der Waals surface area (Å²) >= 11 is 0. The van der Waals surface area contributed by atoms with Crippen LogP contribution in [0.25, 0.3) is 11.1 Å². The van der Waals surface area contributed by atoms with E-state index in [1.807, 2.05) is 32.0 Å². The first-order valence-corrected chi connectivity index (χ1v) is 6.58. The van der Waals surface area contributed by atoms with E-state index in [-0.39, 0.29) is 17.4 Å². The Balaban J connectivity index is 1.95. The van der Waals surface area contributed by atoms with Gasteiger partial charge in [0.25, 0.3) is 5.91 Å². The Morgan fingerprint density at radius 3 is 2.81 bits per heavy atom. The monoisotopic (exact) mass is 281 g/mol. The lowest BCUT2D eigenvalue weighted by molar-refractivity contribution is 0.0999. The molecule has 2 heterocycles. The zero-order valence-corrected chi connectivity index (χ0v) is 11.8. The van der Waals surface area contributed by atoms with Gasteiger partial charge < -0.3 is 15.5 Å². The van der Waals surface area contributed by atoms with Gasteiger partial charge in [0.1, 0.15) is 11.2 Å². The van der Waals surface area contributed by atoms with Crippen LogP contribution in [0.3, 0.4) is 0 Å². The summed E-state index contributed by atoms with van der Waals surface area (Å²) in [5.41, 5.74) is 10.1. The van der Waals surface area contributed by atoms with Crippen molar-refractivity contribution in [3.8, 4) is 0 Å². The van der Waals surface area contributed by atoms with E-state index in [4.69, 9.17) is 10.2 Å². The summed E-state index contributed by atoms with van der Waals surface area (Å²) in [6.07, 6.45) is 1.61. The van der Waals surface area contributed by atoms with Crippen molar-refractivity contribution in [2.75, 3.05) is 11.1 Å². The summed E-state index contributed by atoms with van der Waals surface area (Å²) in [6.45, 7) is 3.94. The molecule has 0 saturated carbocycles. The van der Waals surface area contributed by atoms with Crippen LogP contribution >= 0.6 is 0 Å². The van der Waals surface area contributed by atoms with E-state index in [1.54, 1.807) is 18.3 Å². The summed E-state index contributed by atoms with van der Waals surface area (Å²) in [5.74, 6) is -0.291. The minimum absolute atomic E-state index is 0.0867. The van der Waals surface area contributed by atoms with E-state index in [0.29, 0.717) is 11.1 Å². The first-order valence-electron chi connectivity index (χ1n) is 6.58. The Labute approximate surface area is 121 Å². The fourth-order valence-electron chi connectivity index (χ4n) is 2.25. The van der Waals surface area contributed by atoms with Crippen molar-refractivity contribution >= 4 is 28.4 Å². The fraction of sp³-hybridized carbons (Fsp3) is 0.125. The lowest BCUT2D eigenvalue weighted by atomic mass is 10.1. The van der Waals surface area contributed by atoms with E-state index in [0.717, 1.165) is 16.8 Å². The third-order valence-corrected chi connectivity index (χ3v) is 3.32. The van der Waals surface area contributed by atoms with Crippen molar-refractivity contribution in [1.29, 1.82) is 0 Å². The normalized spacial score (nSPS) is 10.8. The SMILES string of the molecule is Cc1ccc(NC(=O)c2oc3cccnc3c2N)c(C)c1. The van der Waals surface area contributed by atoms with E-state index in [2.05, 4.69) is 10.3 Å². The van der Waals surface area contributed by atoms with Gasteiger partial charge in [-0.2, -0.15) is 0 Å². The van der Waals surface area contributed by atoms with Crippen molar-refractivity contribution in [1.82, 2.24) is 4.98 Å². The maximum atomic E-state index is 12.3. The van der Waals surface area contributed by atoms with Gasteiger partial charge >= 0.3 is 0 Å². The molecule has 0 radical (unpaired) electrons. The summed E-state index contributed by atoms with van der Waals surface area (Å²) in [5, 5.41) is 2.82. The predicted octanol–water partition coefficient (Wildman–Crippen LogP) is 3.28. The molecule has 106 valence electrons. The van der Waals surface area contributed by atoms with Crippen molar-refractivity contribution in [3.05, 3.63) is 53.4 Å². The third-order valence-electron chi connectivity index (χ3n) is 3.32. The number of amides is 1. The Morgan fingerprint density at radius 1 is 1.29 bits per heavy atom. The number of nitrogens with two attached hydrogens (primary N) is 1. The van der Waals surface area contributed by atoms with Crippen LogP contribution in [-0.2, 0) is 0 Å². The van der Waals surface area contributed by atoms with Crippen LogP contribution in [-0.4, -0.2) is 10.9 Å². The number of nitrogens with one attached hydrogen (secondary N) is 1. The second-order valence-corrected chi connectivity index (χ2v) is 4.97. The second kappa shape index (κ2) is 4.94. The molecule has 5 nitrogen and oxygen atoms in total. The van der Waals surface area contributed by atoms with E-state index >= 15 is 0 Å². The molecule has 0 unspecified atom stereocenters. The molecule has 1 aromatic carbocycles. The molecule has 0 fully saturated rings. The minimum Gasteiger partial charge on any atom is -0.447 e. The van der Waals surface area contributed by atoms with E-state index < -0.39 is 0 Å². The lowest BCUT2D eigenvalue weighted by Crippen LogP contribution is -2.13. The summed E-state index contributed by atoms with van der Waals surface area (Å²) in [6, 6.07) is 9.26. The predicted molar refractivity (Wildman–Crippen MR) is 82.3 cm³/mol. The maximum Gasteiger partial charge on any atom is 0.293 e. The van der Waals surface area contributed by atoms with Crippen LogP contribution < -0.4 is 11.1 Å². The smallest absolute Gasteiger partial charge is 0.293 e. The van der Waals surface area contributed by atoms with Crippen LogP contribution in [0.5, 0.6) is 0 Å². The zero-order valence-electron chi connectivity index (χ0n) is 11.8. The zero-order chi connectivity index (χ0) is 15.0. The van der Waals surface area contributed by atoms with Crippen LogP contribution in [0.15, 0.2) is 40.9 Å². The van der Waals surface area contributed by atoms with Gasteiger partial charge in [-0.1, -0.05) is 17.7 Å². The highest BCUT2D eigenvalue weighted by Crippen LogP contribution is 2.27. The summed E-state index contributed by atoms with van der Waals surface area (Å²) in [4.78, 5) is 16.5. The van der Waals surface area contributed by atoms with Crippen molar-refractivity contribution in [2.45, 2.75) is 13.8 Å². The van der Waals surface area contributed by atoms with Gasteiger partial charge in [-0.15, -0.1) is 0 Å². The molecule has 5 heteroatoms. The molecular weight excluding hydrogens is 266 g/mol. The van der Waals surface area contributed by atoms with Crippen molar-refractivity contribution < 1.29 is 9.21 Å². The molecule has 0 spiro atoms. The number of anilines is 2. The van der Waals surface area contributed by atoms with Crippen molar-refractivity contribution in [3.63, 3.8) is 0 Å². The molecule has 0 aliphatic carbocycles. The van der Waals surface area contributed by atoms with Crippen molar-refractivity contribution in [2.24, 2.45) is 0 Å². The number of carbonyl (C=O) groups excluding carboxylic acids is 1. The maximum absolute atomic E-state index is 12.3. The first-order chi connectivity index (χ1) is 10.1. The molecule has 0 bridgehead atoms. The summed E-state index contributed by atoms with van der Waals surface area (Å²) < 4.78 is 5.50. The number of rotatable bonds is 2. The number of furan rings is 1. The largest absolute Gasteiger partial charge is 0.447 e. The number of benzene rings is 1. The molecule has 1 amide bonds. The van der Waals surface area contributed by atoms with E-state index in [1.165, 1.54) is 0 Å². The first kappa shape index (κ1) is 13.2. The number of fused-ring (bicyclic) bond motifs is 1. The Kier molecular flexibility index (Phi) is 3.10. The molecule has 0 aliphatic heterocycles. The number of aryl methyl sites for hydroxylation is 2. The Bertz CT molecular complexity index is 837. The Morgan fingerprint density at radius 2 is 2.10 bits per heavy atom. The number of nitrogen functional groups attached to an aromatic ring is 1. The quantitative estimate of drug-likeness (QED) is 0.755. The van der Waals surface area contributed by atoms with Gasteiger partial charge in [0, 0.05) is 11.9 Å². The van der Waals surface area contributed by atoms with Gasteiger partial charge in [0.2, 0.25) is 5.76 Å². The molecule has 2 aromatic heterocycles. The third kappa shape index (κ3) is 2.33. The molecule has 0 saturated heterocycles. The number of hydrogen-bond acceptors (Lipinski definition) is 4. The molecular formula is C16H15N3O2. The fourth-order valence-corrected chi connectivity index (χ4v) is 2.25. The molecule has 0 atom stereocenters. The number of nitrogens with zero attached hydrogens (tertiary/aromatic N) is 1. The Hall–Kier alpha value is -2.82. The topological polar surface area (TPSA) is 81.2 Å². The average Bonchev–Trinajstić information content (AvgIpc) is 2.80. The highest BCUT2D eigenvalue weighted by molar-refractivity contribution is 6.10.